The molecule has 9 nitrogen and oxygen atoms in total. The van der Waals surface area contributed by atoms with Crippen LogP contribution < -0.4 is 15.5 Å². The third-order valence-electron chi connectivity index (χ3n) is 7.01. The molecule has 1 unspecified atom stereocenters. The summed E-state index contributed by atoms with van der Waals surface area (Å²) in [5, 5.41) is 25.3. The van der Waals surface area contributed by atoms with Crippen molar-refractivity contribution in [1.82, 2.24) is 15.3 Å². The van der Waals surface area contributed by atoms with Crippen molar-refractivity contribution in [3.05, 3.63) is 65.2 Å². The maximum atomic E-state index is 14.7. The van der Waals surface area contributed by atoms with Gasteiger partial charge in [0.1, 0.15) is 11.6 Å². The second-order valence-corrected chi connectivity index (χ2v) is 9.38. The normalized spacial score (nSPS) is 22.5. The van der Waals surface area contributed by atoms with Crippen LogP contribution in [0.5, 0.6) is 0 Å². The molecule has 3 aliphatic heterocycles. The number of anilines is 3. The monoisotopic (exact) mass is 486 g/mol. The van der Waals surface area contributed by atoms with Crippen LogP contribution in [-0.4, -0.2) is 52.4 Å². The molecule has 6 rings (SSSR count). The number of fused-ring (bicyclic) bond motifs is 1. The largest absolute Gasteiger partial charge is 0.391 e. The molecule has 1 aromatic carbocycles. The zero-order chi connectivity index (χ0) is 24.9. The molecular formula is C26H23FN6O3. The lowest BCUT2D eigenvalue weighted by Gasteiger charge is -2.24. The highest BCUT2D eigenvalue weighted by molar-refractivity contribution is 6.04. The average Bonchev–Trinajstić information content (AvgIpc) is 3.58. The van der Waals surface area contributed by atoms with Gasteiger partial charge < -0.3 is 25.4 Å². The molecule has 2 atom stereocenters. The van der Waals surface area contributed by atoms with Gasteiger partial charge in [0.05, 0.1) is 76.6 Å². The first-order chi connectivity index (χ1) is 17.4. The summed E-state index contributed by atoms with van der Waals surface area (Å²) in [6, 6.07) is 11.6. The van der Waals surface area contributed by atoms with Gasteiger partial charge in [-0.3, -0.25) is 4.79 Å². The first-order valence-corrected chi connectivity index (χ1v) is 11.8. The van der Waals surface area contributed by atoms with Crippen LogP contribution in [-0.2, 0) is 11.3 Å². The van der Waals surface area contributed by atoms with Crippen molar-refractivity contribution in [2.45, 2.75) is 31.1 Å². The van der Waals surface area contributed by atoms with E-state index in [9.17, 15) is 19.6 Å². The molecule has 5 heterocycles. The SMILES string of the molecule is N#Cc1cccc(F)c1-c1cc(Nc2ccc(N3CC[C@]4(CC(O)CO4)C3)cn2)c2c(n1)CNC2=O. The minimum absolute atomic E-state index is 0.0933. The van der Waals surface area contributed by atoms with Crippen molar-refractivity contribution >= 4 is 23.1 Å². The van der Waals surface area contributed by atoms with E-state index in [1.807, 2.05) is 18.2 Å². The van der Waals surface area contributed by atoms with Gasteiger partial charge in [0.15, 0.2) is 0 Å². The first-order valence-electron chi connectivity index (χ1n) is 11.8. The zero-order valence-electron chi connectivity index (χ0n) is 19.3. The minimum atomic E-state index is -0.561. The van der Waals surface area contributed by atoms with Gasteiger partial charge in [0.2, 0.25) is 0 Å². The van der Waals surface area contributed by atoms with E-state index in [1.165, 1.54) is 18.2 Å². The number of ether oxygens (including phenoxy) is 1. The Kier molecular flexibility index (Phi) is 5.32. The van der Waals surface area contributed by atoms with Gasteiger partial charge >= 0.3 is 0 Å². The molecule has 182 valence electrons. The second kappa shape index (κ2) is 8.55. The Morgan fingerprint density at radius 2 is 2.19 bits per heavy atom. The van der Waals surface area contributed by atoms with Gasteiger partial charge in [-0.15, -0.1) is 0 Å². The first kappa shape index (κ1) is 22.4. The van der Waals surface area contributed by atoms with Gasteiger partial charge in [-0.25, -0.2) is 14.4 Å². The number of aliphatic hydroxyl groups excluding tert-OH is 1. The number of pyridine rings is 2. The van der Waals surface area contributed by atoms with Crippen LogP contribution in [0.4, 0.5) is 21.6 Å². The van der Waals surface area contributed by atoms with Crippen molar-refractivity contribution in [1.29, 1.82) is 5.26 Å². The quantitative estimate of drug-likeness (QED) is 0.515. The highest BCUT2D eigenvalue weighted by atomic mass is 19.1. The summed E-state index contributed by atoms with van der Waals surface area (Å²) < 4.78 is 20.6. The number of carbonyl (C=O) groups excluding carboxylic acids is 1. The van der Waals surface area contributed by atoms with Crippen LogP contribution in [0.15, 0.2) is 42.6 Å². The van der Waals surface area contributed by atoms with Crippen molar-refractivity contribution in [3.63, 3.8) is 0 Å². The van der Waals surface area contributed by atoms with E-state index in [0.717, 1.165) is 18.7 Å². The van der Waals surface area contributed by atoms with E-state index < -0.39 is 11.9 Å². The molecule has 1 spiro atoms. The number of hydrogen-bond acceptors (Lipinski definition) is 8. The Bertz CT molecular complexity index is 1410. The standard InChI is InChI=1S/C26H23FN6O3/c27-18-3-1-2-15(10-28)23(18)19-8-20(24-21(31-19)12-30-25(24)35)32-22-5-4-16(11-29-22)33-7-6-26(14-33)9-17(34)13-36-26/h1-5,8,11,17,34H,6-7,9,12-14H2,(H,30,35)(H,29,31,32)/t17?,26-/m0/s1. The van der Waals surface area contributed by atoms with Crippen molar-refractivity contribution in [3.8, 4) is 17.3 Å². The molecule has 2 aromatic heterocycles. The molecule has 2 saturated heterocycles. The maximum absolute atomic E-state index is 14.7. The smallest absolute Gasteiger partial charge is 0.255 e. The Hall–Kier alpha value is -4.07. The van der Waals surface area contributed by atoms with Crippen molar-refractivity contribution in [2.75, 3.05) is 29.9 Å². The molecule has 0 saturated carbocycles. The van der Waals surface area contributed by atoms with E-state index in [4.69, 9.17) is 4.74 Å². The molecule has 1 amide bonds. The van der Waals surface area contributed by atoms with E-state index in [2.05, 4.69) is 25.5 Å². The number of nitrogens with one attached hydrogen (secondary N) is 2. The number of amides is 1. The summed E-state index contributed by atoms with van der Waals surface area (Å²) in [7, 11) is 0. The maximum Gasteiger partial charge on any atom is 0.255 e. The van der Waals surface area contributed by atoms with Crippen LogP contribution >= 0.6 is 0 Å². The Morgan fingerprint density at radius 1 is 1.31 bits per heavy atom. The van der Waals surface area contributed by atoms with Crippen LogP contribution in [0.2, 0.25) is 0 Å². The Morgan fingerprint density at radius 3 is 2.94 bits per heavy atom. The third-order valence-corrected chi connectivity index (χ3v) is 7.01. The molecular weight excluding hydrogens is 463 g/mol. The molecule has 0 bridgehead atoms. The fraction of sp³-hybridized carbons (Fsp3) is 0.308. The number of halogens is 1. The number of nitriles is 1. The van der Waals surface area contributed by atoms with Crippen LogP contribution in [0, 0.1) is 17.1 Å². The Labute approximate surface area is 206 Å². The lowest BCUT2D eigenvalue weighted by molar-refractivity contribution is 0.0185. The summed E-state index contributed by atoms with van der Waals surface area (Å²) in [6.45, 7) is 2.10. The average molecular weight is 487 g/mol. The number of carbonyl (C=O) groups is 1. The van der Waals surface area contributed by atoms with Crippen LogP contribution in [0.3, 0.4) is 0 Å². The lowest BCUT2D eigenvalue weighted by Crippen LogP contribution is -2.33. The minimum Gasteiger partial charge on any atom is -0.391 e. The molecule has 36 heavy (non-hydrogen) atoms. The fourth-order valence-corrected chi connectivity index (χ4v) is 5.29. The molecule has 2 fully saturated rings. The summed E-state index contributed by atoms with van der Waals surface area (Å²) in [6.07, 6.45) is 2.84. The van der Waals surface area contributed by atoms with Gasteiger partial charge in [-0.2, -0.15) is 5.26 Å². The summed E-state index contributed by atoms with van der Waals surface area (Å²) >= 11 is 0. The zero-order valence-corrected chi connectivity index (χ0v) is 19.3. The number of rotatable bonds is 4. The number of aromatic nitrogens is 2. The highest BCUT2D eigenvalue weighted by Gasteiger charge is 2.45. The van der Waals surface area contributed by atoms with Crippen molar-refractivity contribution < 1.29 is 19.0 Å². The van der Waals surface area contributed by atoms with E-state index in [-0.39, 0.29) is 34.9 Å². The van der Waals surface area contributed by atoms with Gasteiger partial charge in [-0.05, 0) is 36.8 Å². The predicted molar refractivity (Wildman–Crippen MR) is 129 cm³/mol. The lowest BCUT2D eigenvalue weighted by atomic mass is 9.98. The van der Waals surface area contributed by atoms with Crippen LogP contribution in [0.1, 0.15) is 34.5 Å². The highest BCUT2D eigenvalue weighted by Crippen LogP contribution is 2.38. The van der Waals surface area contributed by atoms with Crippen molar-refractivity contribution in [2.24, 2.45) is 0 Å². The van der Waals surface area contributed by atoms with Gasteiger partial charge in [0.25, 0.3) is 5.91 Å². The molecule has 10 heteroatoms. The third kappa shape index (κ3) is 3.82. The predicted octanol–water partition coefficient (Wildman–Crippen LogP) is 2.87. The molecule has 3 N–H and O–H groups in total. The van der Waals surface area contributed by atoms with Gasteiger partial charge in [0, 0.05) is 19.5 Å². The summed E-state index contributed by atoms with van der Waals surface area (Å²) in [5.74, 6) is -0.332. The molecule has 3 aromatic rings. The number of aliphatic hydroxyl groups is 1. The molecule has 3 aliphatic rings. The van der Waals surface area contributed by atoms with E-state index in [0.29, 0.717) is 42.3 Å². The summed E-state index contributed by atoms with van der Waals surface area (Å²) in [4.78, 5) is 23.7. The topological polar surface area (TPSA) is 123 Å². The second-order valence-electron chi connectivity index (χ2n) is 9.38. The van der Waals surface area contributed by atoms with E-state index >= 15 is 0 Å². The van der Waals surface area contributed by atoms with E-state index in [1.54, 1.807) is 12.3 Å². The van der Waals surface area contributed by atoms with Gasteiger partial charge in [-0.1, -0.05) is 6.07 Å². The fourth-order valence-electron chi connectivity index (χ4n) is 5.29. The molecule has 0 radical (unpaired) electrons. The van der Waals surface area contributed by atoms with Crippen LogP contribution in [0.25, 0.3) is 11.3 Å². The summed E-state index contributed by atoms with van der Waals surface area (Å²) in [5.41, 5.74) is 2.44. The molecule has 0 aliphatic carbocycles. The number of nitrogens with zero attached hydrogens (tertiary/aromatic N) is 4. The number of hydrogen-bond donors (Lipinski definition) is 3. The Balaban J connectivity index is 1.29. The number of benzene rings is 1.